The van der Waals surface area contributed by atoms with Crippen molar-refractivity contribution in [1.29, 1.82) is 5.41 Å². The minimum Gasteiger partial charge on any atom is -1.00 e. The Morgan fingerprint density at radius 3 is 2.59 bits per heavy atom. The molecule has 2 heterocycles. The highest BCUT2D eigenvalue weighted by atomic mass is 35.5. The number of amides is 1. The van der Waals surface area contributed by atoms with Crippen LogP contribution in [-0.4, -0.2) is 35.5 Å². The number of aliphatic hydroxyl groups excluding tert-OH is 1. The minimum absolute atomic E-state index is 0. The smallest absolute Gasteiger partial charge is 0.277 e. The Labute approximate surface area is 177 Å². The third-order valence-corrected chi connectivity index (χ3v) is 5.88. The van der Waals surface area contributed by atoms with Crippen LogP contribution in [0.2, 0.25) is 0 Å². The number of carbonyl (C=O) groups excluding carboxylic acids is 1. The van der Waals surface area contributed by atoms with Gasteiger partial charge in [-0.3, -0.25) is 20.6 Å². The Morgan fingerprint density at radius 2 is 1.93 bits per heavy atom. The molecular formula is C20H19ClN4O3S. The predicted octanol–water partition coefficient (Wildman–Crippen LogP) is -0.355. The van der Waals surface area contributed by atoms with E-state index in [1.165, 1.54) is 16.3 Å². The highest BCUT2D eigenvalue weighted by Crippen LogP contribution is 2.31. The van der Waals surface area contributed by atoms with Gasteiger partial charge < -0.3 is 22.3 Å². The number of ether oxygens (including phenoxy) is 1. The van der Waals surface area contributed by atoms with Gasteiger partial charge in [0.15, 0.2) is 5.84 Å². The lowest BCUT2D eigenvalue weighted by atomic mass is 10.2. The van der Waals surface area contributed by atoms with E-state index < -0.39 is 0 Å². The average Bonchev–Trinajstić information content (AvgIpc) is 3.17. The first-order valence-electron chi connectivity index (χ1n) is 8.61. The molecule has 2 aromatic carbocycles. The van der Waals surface area contributed by atoms with Gasteiger partial charge in [0.05, 0.1) is 13.7 Å². The van der Waals surface area contributed by atoms with Gasteiger partial charge in [-0.05, 0) is 30.3 Å². The molecule has 1 aromatic heterocycles. The van der Waals surface area contributed by atoms with Crippen molar-refractivity contribution < 1.29 is 31.6 Å². The summed E-state index contributed by atoms with van der Waals surface area (Å²) in [4.78, 5) is 12.5. The van der Waals surface area contributed by atoms with Crippen LogP contribution in [0.3, 0.4) is 0 Å². The number of halogens is 1. The van der Waals surface area contributed by atoms with Gasteiger partial charge in [-0.2, -0.15) is 4.57 Å². The van der Waals surface area contributed by atoms with Gasteiger partial charge in [0.1, 0.15) is 28.8 Å². The van der Waals surface area contributed by atoms with E-state index >= 15 is 0 Å². The quantitative estimate of drug-likeness (QED) is 0.493. The van der Waals surface area contributed by atoms with Gasteiger partial charge in [0.2, 0.25) is 5.52 Å². The topological polar surface area (TPSA) is 89.5 Å². The molecule has 0 saturated carbocycles. The van der Waals surface area contributed by atoms with Crippen LogP contribution in [0.15, 0.2) is 54.3 Å². The first-order valence-corrected chi connectivity index (χ1v) is 9.42. The van der Waals surface area contributed by atoms with Gasteiger partial charge in [-0.15, -0.1) is 0 Å². The third-order valence-electron chi connectivity index (χ3n) is 4.64. The molecule has 0 bridgehead atoms. The minimum atomic E-state index is -0.359. The van der Waals surface area contributed by atoms with E-state index in [2.05, 4.69) is 5.43 Å². The van der Waals surface area contributed by atoms with E-state index in [4.69, 9.17) is 10.1 Å². The van der Waals surface area contributed by atoms with Crippen molar-refractivity contribution in [3.05, 3.63) is 64.9 Å². The molecule has 0 fully saturated rings. The van der Waals surface area contributed by atoms with E-state index in [-0.39, 0.29) is 36.5 Å². The van der Waals surface area contributed by atoms with Crippen molar-refractivity contribution in [2.45, 2.75) is 0 Å². The van der Waals surface area contributed by atoms with Crippen LogP contribution in [0.25, 0.3) is 15.8 Å². The lowest BCUT2D eigenvalue weighted by molar-refractivity contribution is -0.642. The number of nitrogens with zero attached hydrogens (tertiary/aromatic N) is 2. The number of hydrazine groups is 1. The second-order valence-electron chi connectivity index (χ2n) is 6.36. The largest absolute Gasteiger partial charge is 1.00 e. The zero-order chi connectivity index (χ0) is 19.8. The predicted molar refractivity (Wildman–Crippen MR) is 107 cm³/mol. The number of benzene rings is 2. The van der Waals surface area contributed by atoms with Crippen LogP contribution in [0.1, 0.15) is 15.4 Å². The number of fused-ring (bicyclic) bond motifs is 1. The molecule has 1 amide bonds. The normalized spacial score (nSPS) is 13.6. The molecule has 0 atom stereocenters. The van der Waals surface area contributed by atoms with E-state index in [1.54, 1.807) is 31.4 Å². The number of thiazole rings is 1. The third kappa shape index (κ3) is 3.64. The summed E-state index contributed by atoms with van der Waals surface area (Å²) in [6.45, 7) is 0.0459. The van der Waals surface area contributed by atoms with E-state index in [9.17, 15) is 9.90 Å². The number of rotatable bonds is 4. The Balaban J connectivity index is 0.00000240. The molecule has 0 spiro atoms. The van der Waals surface area contributed by atoms with Crippen molar-refractivity contribution in [1.82, 2.24) is 10.4 Å². The SMILES string of the molecule is COc1ccc(C(=O)NN2CC(O)=C(c3sc4ccccc4[n+]3C)C2=N)cc1.[Cl-]. The van der Waals surface area contributed by atoms with E-state index in [0.717, 1.165) is 15.2 Å². The van der Waals surface area contributed by atoms with Gasteiger partial charge in [0, 0.05) is 11.6 Å². The molecule has 0 aliphatic carbocycles. The Bertz CT molecular complexity index is 1120. The second kappa shape index (κ2) is 8.10. The highest BCUT2D eigenvalue weighted by Gasteiger charge is 2.36. The fraction of sp³-hybridized carbons (Fsp3) is 0.150. The summed E-state index contributed by atoms with van der Waals surface area (Å²) in [5.41, 5.74) is 4.58. The number of nitrogens with one attached hydrogen (secondary N) is 2. The first-order chi connectivity index (χ1) is 13.5. The molecule has 0 saturated heterocycles. The molecule has 9 heteroatoms. The number of hydrogen-bond acceptors (Lipinski definition) is 5. The Morgan fingerprint density at radius 1 is 1.24 bits per heavy atom. The molecule has 0 unspecified atom stereocenters. The lowest BCUT2D eigenvalue weighted by Gasteiger charge is -2.19. The number of methoxy groups -OCH3 is 1. The number of amidine groups is 1. The van der Waals surface area contributed by atoms with Crippen molar-refractivity contribution in [2.75, 3.05) is 13.7 Å². The molecule has 1 aliphatic heterocycles. The molecule has 0 radical (unpaired) electrons. The van der Waals surface area contributed by atoms with Crippen molar-refractivity contribution in [3.63, 3.8) is 0 Å². The molecule has 150 valence electrons. The molecule has 7 nitrogen and oxygen atoms in total. The summed E-state index contributed by atoms with van der Waals surface area (Å²) in [7, 11) is 3.46. The van der Waals surface area contributed by atoms with Gasteiger partial charge in [0.25, 0.3) is 10.9 Å². The van der Waals surface area contributed by atoms with Crippen molar-refractivity contribution in [2.24, 2.45) is 7.05 Å². The number of aryl methyl sites for hydroxylation is 1. The molecule has 3 N–H and O–H groups in total. The van der Waals surface area contributed by atoms with E-state index in [1.807, 2.05) is 35.9 Å². The zero-order valence-electron chi connectivity index (χ0n) is 15.8. The number of aliphatic hydroxyl groups is 1. The maximum atomic E-state index is 12.5. The van der Waals surface area contributed by atoms with Crippen LogP contribution < -0.4 is 27.1 Å². The number of hydrogen-bond donors (Lipinski definition) is 3. The molecular weight excluding hydrogens is 412 g/mol. The fourth-order valence-corrected chi connectivity index (χ4v) is 4.37. The number of aromatic nitrogens is 1. The zero-order valence-corrected chi connectivity index (χ0v) is 17.3. The maximum Gasteiger partial charge on any atom is 0.277 e. The number of para-hydroxylation sites is 1. The first kappa shape index (κ1) is 20.6. The van der Waals surface area contributed by atoms with Crippen molar-refractivity contribution >= 4 is 38.9 Å². The summed E-state index contributed by atoms with van der Waals surface area (Å²) in [5, 5.41) is 21.1. The van der Waals surface area contributed by atoms with Crippen LogP contribution in [0.5, 0.6) is 5.75 Å². The van der Waals surface area contributed by atoms with Crippen LogP contribution in [-0.2, 0) is 7.05 Å². The molecule has 4 rings (SSSR count). The van der Waals surface area contributed by atoms with Crippen LogP contribution in [0.4, 0.5) is 0 Å². The van der Waals surface area contributed by atoms with Crippen LogP contribution >= 0.6 is 11.3 Å². The molecule has 1 aliphatic rings. The summed E-state index contributed by atoms with van der Waals surface area (Å²) < 4.78 is 8.11. The average molecular weight is 431 g/mol. The molecule has 29 heavy (non-hydrogen) atoms. The Hall–Kier alpha value is -3.10. The second-order valence-corrected chi connectivity index (χ2v) is 7.39. The Kier molecular flexibility index (Phi) is 5.76. The standard InChI is InChI=1S/C20H18N4O3S.ClH/c1-23-14-5-3-4-6-16(14)28-20(23)17-15(25)11-24(18(17)21)22-19(26)12-7-9-13(27-2)10-8-12;/h3-10,21H,11H2,1-2H3,(H,22,26);1H. The van der Waals surface area contributed by atoms with Gasteiger partial charge in [-0.25, -0.2) is 0 Å². The van der Waals surface area contributed by atoms with E-state index in [0.29, 0.717) is 16.9 Å². The molecule has 3 aromatic rings. The van der Waals surface area contributed by atoms with Gasteiger partial charge >= 0.3 is 0 Å². The summed E-state index contributed by atoms with van der Waals surface area (Å²) >= 11 is 1.50. The number of carbonyl (C=O) groups is 1. The lowest BCUT2D eigenvalue weighted by Crippen LogP contribution is -3.00. The van der Waals surface area contributed by atoms with Gasteiger partial charge in [-0.1, -0.05) is 23.5 Å². The highest BCUT2D eigenvalue weighted by molar-refractivity contribution is 7.19. The summed E-state index contributed by atoms with van der Waals surface area (Å²) in [5.74, 6) is 0.412. The fourth-order valence-electron chi connectivity index (χ4n) is 3.15. The van der Waals surface area contributed by atoms with Crippen LogP contribution in [0, 0.1) is 5.41 Å². The van der Waals surface area contributed by atoms with Crippen molar-refractivity contribution in [3.8, 4) is 5.75 Å². The monoisotopic (exact) mass is 430 g/mol. The maximum absolute atomic E-state index is 12.5. The summed E-state index contributed by atoms with van der Waals surface area (Å²) in [6, 6.07) is 14.6. The summed E-state index contributed by atoms with van der Waals surface area (Å²) in [6.07, 6.45) is 0.